The van der Waals surface area contributed by atoms with E-state index in [0.717, 1.165) is 45.7 Å². The normalized spacial score (nSPS) is 26.3. The number of amides is 1. The molecule has 1 amide bonds. The van der Waals surface area contributed by atoms with Crippen molar-refractivity contribution in [2.45, 2.75) is 43.3 Å². The highest BCUT2D eigenvalue weighted by Crippen LogP contribution is 2.43. The number of likely N-dealkylation sites (tertiary alicyclic amines) is 1. The summed E-state index contributed by atoms with van der Waals surface area (Å²) in [5, 5.41) is 14.7. The Morgan fingerprint density at radius 3 is 2.57 bits per heavy atom. The van der Waals surface area contributed by atoms with Crippen molar-refractivity contribution in [3.8, 4) is 0 Å². The standard InChI is InChI=1S/C17H26N4O2.C2HF3O2/c1-20-11-14(9-18-20)15-8-16(22)19-17(15)3-5-21(6-4-17)10-13-2-7-23-12-13;3-2(4,5)1(6)7/h9,11,13,15H,2-8,10,12H2,1H3,(H,19,22);(H,6,7). The number of aryl methyl sites for hydroxylation is 1. The zero-order chi connectivity index (χ0) is 21.9. The molecule has 3 aliphatic heterocycles. The van der Waals surface area contributed by atoms with Crippen LogP contribution >= 0.6 is 0 Å². The van der Waals surface area contributed by atoms with Crippen molar-refractivity contribution in [1.29, 1.82) is 0 Å². The van der Waals surface area contributed by atoms with E-state index in [1.165, 1.54) is 12.0 Å². The molecule has 2 N–H and O–H groups in total. The van der Waals surface area contributed by atoms with E-state index in [9.17, 15) is 18.0 Å². The van der Waals surface area contributed by atoms with Crippen molar-refractivity contribution in [3.05, 3.63) is 18.0 Å². The van der Waals surface area contributed by atoms with Gasteiger partial charge in [-0.3, -0.25) is 9.48 Å². The quantitative estimate of drug-likeness (QED) is 0.752. The number of rotatable bonds is 3. The number of halogens is 3. The van der Waals surface area contributed by atoms with Crippen LogP contribution in [0.3, 0.4) is 0 Å². The average molecular weight is 432 g/mol. The third kappa shape index (κ3) is 5.31. The maximum atomic E-state index is 12.1. The monoisotopic (exact) mass is 432 g/mol. The van der Waals surface area contributed by atoms with Crippen molar-refractivity contribution >= 4 is 11.9 Å². The molecule has 2 atom stereocenters. The van der Waals surface area contributed by atoms with Crippen LogP contribution in [0.1, 0.15) is 37.2 Å². The maximum absolute atomic E-state index is 12.1. The molecule has 1 aromatic heterocycles. The number of piperidine rings is 1. The molecule has 0 aliphatic carbocycles. The smallest absolute Gasteiger partial charge is 0.475 e. The van der Waals surface area contributed by atoms with Gasteiger partial charge in [-0.15, -0.1) is 0 Å². The van der Waals surface area contributed by atoms with Crippen molar-refractivity contribution in [2.24, 2.45) is 13.0 Å². The molecular weight excluding hydrogens is 405 g/mol. The fourth-order valence-electron chi connectivity index (χ4n) is 4.55. The van der Waals surface area contributed by atoms with Gasteiger partial charge in [0.1, 0.15) is 0 Å². The second-order valence-corrected chi connectivity index (χ2v) is 8.24. The van der Waals surface area contributed by atoms with Gasteiger partial charge in [0, 0.05) is 57.4 Å². The van der Waals surface area contributed by atoms with Crippen LogP contribution in [-0.2, 0) is 21.4 Å². The molecule has 4 heterocycles. The third-order valence-corrected chi connectivity index (χ3v) is 6.10. The van der Waals surface area contributed by atoms with E-state index >= 15 is 0 Å². The number of ether oxygens (including phenoxy) is 1. The molecule has 3 aliphatic rings. The van der Waals surface area contributed by atoms with E-state index < -0.39 is 12.1 Å². The van der Waals surface area contributed by atoms with E-state index in [1.54, 1.807) is 0 Å². The maximum Gasteiger partial charge on any atom is 0.490 e. The Bertz CT molecular complexity index is 753. The molecule has 3 saturated heterocycles. The van der Waals surface area contributed by atoms with Crippen LogP contribution in [0.5, 0.6) is 0 Å². The molecule has 4 rings (SSSR count). The van der Waals surface area contributed by atoms with E-state index in [0.29, 0.717) is 12.3 Å². The Morgan fingerprint density at radius 2 is 2.07 bits per heavy atom. The van der Waals surface area contributed by atoms with Crippen LogP contribution < -0.4 is 5.32 Å². The molecule has 0 saturated carbocycles. The van der Waals surface area contributed by atoms with Gasteiger partial charge in [0.2, 0.25) is 5.91 Å². The predicted molar refractivity (Wildman–Crippen MR) is 99.7 cm³/mol. The first kappa shape index (κ1) is 22.5. The number of carbonyl (C=O) groups excluding carboxylic acids is 1. The van der Waals surface area contributed by atoms with Gasteiger partial charge in [-0.1, -0.05) is 0 Å². The first-order valence-corrected chi connectivity index (χ1v) is 9.99. The van der Waals surface area contributed by atoms with Crippen LogP contribution in [0.2, 0.25) is 0 Å². The lowest BCUT2D eigenvalue weighted by atomic mass is 9.75. The molecule has 8 nitrogen and oxygen atoms in total. The molecule has 168 valence electrons. The summed E-state index contributed by atoms with van der Waals surface area (Å²) in [5.74, 6) is -1.61. The highest BCUT2D eigenvalue weighted by atomic mass is 19.4. The Labute approximate surface area is 172 Å². The fraction of sp³-hybridized carbons (Fsp3) is 0.737. The number of aliphatic carboxylic acids is 1. The van der Waals surface area contributed by atoms with Gasteiger partial charge in [-0.2, -0.15) is 18.3 Å². The summed E-state index contributed by atoms with van der Waals surface area (Å²) in [4.78, 5) is 23.5. The lowest BCUT2D eigenvalue weighted by Crippen LogP contribution is -2.54. The zero-order valence-corrected chi connectivity index (χ0v) is 16.8. The minimum absolute atomic E-state index is 0.0667. The molecule has 0 aromatic carbocycles. The summed E-state index contributed by atoms with van der Waals surface area (Å²) < 4.78 is 39.1. The number of nitrogens with zero attached hydrogens (tertiary/aromatic N) is 3. The lowest BCUT2D eigenvalue weighted by Gasteiger charge is -2.43. The molecule has 3 fully saturated rings. The number of hydrogen-bond acceptors (Lipinski definition) is 5. The van der Waals surface area contributed by atoms with Crippen molar-refractivity contribution < 1.29 is 32.6 Å². The minimum atomic E-state index is -5.08. The van der Waals surface area contributed by atoms with Gasteiger partial charge < -0.3 is 20.1 Å². The van der Waals surface area contributed by atoms with Crippen molar-refractivity contribution in [1.82, 2.24) is 20.0 Å². The highest BCUT2D eigenvalue weighted by molar-refractivity contribution is 5.81. The van der Waals surface area contributed by atoms with Crippen LogP contribution in [0.15, 0.2) is 12.4 Å². The molecule has 0 radical (unpaired) electrons. The molecular formula is C19H27F3N4O4. The molecule has 30 heavy (non-hydrogen) atoms. The number of alkyl halides is 3. The third-order valence-electron chi connectivity index (χ3n) is 6.10. The molecule has 0 bridgehead atoms. The van der Waals surface area contributed by atoms with E-state index in [4.69, 9.17) is 14.6 Å². The number of carboxylic acids is 1. The summed E-state index contributed by atoms with van der Waals surface area (Å²) in [6.07, 6.45) is 2.76. The van der Waals surface area contributed by atoms with Crippen molar-refractivity contribution in [2.75, 3.05) is 32.8 Å². The summed E-state index contributed by atoms with van der Waals surface area (Å²) in [5.41, 5.74) is 1.13. The van der Waals surface area contributed by atoms with Gasteiger partial charge in [-0.05, 0) is 30.7 Å². The molecule has 1 aromatic rings. The second kappa shape index (κ2) is 8.93. The van der Waals surface area contributed by atoms with Crippen LogP contribution in [0.25, 0.3) is 0 Å². The minimum Gasteiger partial charge on any atom is -0.475 e. The Morgan fingerprint density at radius 1 is 1.40 bits per heavy atom. The highest BCUT2D eigenvalue weighted by Gasteiger charge is 2.49. The van der Waals surface area contributed by atoms with Gasteiger partial charge >= 0.3 is 12.1 Å². The molecule has 11 heteroatoms. The first-order valence-electron chi connectivity index (χ1n) is 9.99. The summed E-state index contributed by atoms with van der Waals surface area (Å²) in [6.45, 7) is 5.10. The van der Waals surface area contributed by atoms with Gasteiger partial charge in [0.15, 0.2) is 0 Å². The number of nitrogens with one attached hydrogen (secondary N) is 1. The van der Waals surface area contributed by atoms with Gasteiger partial charge in [-0.25, -0.2) is 4.79 Å². The summed E-state index contributed by atoms with van der Waals surface area (Å²) in [7, 11) is 1.94. The fourth-order valence-corrected chi connectivity index (χ4v) is 4.55. The Balaban J connectivity index is 0.000000318. The Kier molecular flexibility index (Phi) is 6.71. The van der Waals surface area contributed by atoms with Gasteiger partial charge in [0.05, 0.1) is 12.8 Å². The van der Waals surface area contributed by atoms with E-state index in [2.05, 4.69) is 21.5 Å². The number of carbonyl (C=O) groups is 2. The average Bonchev–Trinajstić information content (AvgIpc) is 3.38. The lowest BCUT2D eigenvalue weighted by molar-refractivity contribution is -0.192. The summed E-state index contributed by atoms with van der Waals surface area (Å²) >= 11 is 0. The topological polar surface area (TPSA) is 96.7 Å². The van der Waals surface area contributed by atoms with E-state index in [-0.39, 0.29) is 17.4 Å². The molecule has 2 unspecified atom stereocenters. The van der Waals surface area contributed by atoms with Crippen LogP contribution in [0.4, 0.5) is 13.2 Å². The van der Waals surface area contributed by atoms with Crippen molar-refractivity contribution in [3.63, 3.8) is 0 Å². The van der Waals surface area contributed by atoms with Crippen LogP contribution in [-0.4, -0.2) is 76.2 Å². The number of aromatic nitrogens is 2. The second-order valence-electron chi connectivity index (χ2n) is 8.24. The van der Waals surface area contributed by atoms with Crippen LogP contribution in [0, 0.1) is 5.92 Å². The SMILES string of the molecule is Cn1cc(C2CC(=O)NC23CCN(CC2CCOC2)CC3)cn1.O=C(O)C(F)(F)F. The zero-order valence-electron chi connectivity index (χ0n) is 16.8. The largest absolute Gasteiger partial charge is 0.490 e. The predicted octanol–water partition coefficient (Wildman–Crippen LogP) is 1.53. The summed E-state index contributed by atoms with van der Waals surface area (Å²) in [6, 6.07) is 0. The number of hydrogen-bond donors (Lipinski definition) is 2. The van der Waals surface area contributed by atoms with E-state index in [1.807, 2.05) is 17.9 Å². The number of carboxylic acid groups (broad SMARTS) is 1. The first-order chi connectivity index (χ1) is 14.1. The Hall–Kier alpha value is -2.14. The van der Waals surface area contributed by atoms with Gasteiger partial charge in [0.25, 0.3) is 0 Å². The molecule has 1 spiro atoms.